The van der Waals surface area contributed by atoms with Crippen molar-refractivity contribution in [3.05, 3.63) is 28.7 Å². The van der Waals surface area contributed by atoms with Gasteiger partial charge in [0.05, 0.1) is 0 Å². The molecule has 1 unspecified atom stereocenters. The minimum Gasteiger partial charge on any atom is -0.313 e. The molecule has 0 bridgehead atoms. The summed E-state index contributed by atoms with van der Waals surface area (Å²) in [5, 5.41) is 4.34. The van der Waals surface area contributed by atoms with Gasteiger partial charge in [-0.25, -0.2) is 0 Å². The van der Waals surface area contributed by atoms with Crippen molar-refractivity contribution in [2.45, 2.75) is 55.2 Å². The minimum atomic E-state index is 0.616. The second-order valence-electron chi connectivity index (χ2n) is 5.10. The highest BCUT2D eigenvalue weighted by molar-refractivity contribution is 9.10. The number of hydrogen-bond donors (Lipinski definition) is 1. The molecule has 0 heterocycles. The topological polar surface area (TPSA) is 12.0 Å². The average molecular weight is 328 g/mol. The van der Waals surface area contributed by atoms with Gasteiger partial charge in [0.15, 0.2) is 0 Å². The predicted octanol–water partition coefficient (Wildman–Crippen LogP) is 4.85. The normalized spacial score (nSPS) is 18.8. The Balaban J connectivity index is 1.74. The molecule has 0 spiro atoms. The summed E-state index contributed by atoms with van der Waals surface area (Å²) >= 11 is 5.56. The van der Waals surface area contributed by atoms with Crippen molar-refractivity contribution in [1.29, 1.82) is 0 Å². The first-order valence-corrected chi connectivity index (χ1v) is 8.57. The van der Waals surface area contributed by atoms with Gasteiger partial charge in [0.1, 0.15) is 0 Å². The third kappa shape index (κ3) is 4.60. The second kappa shape index (κ2) is 7.56. The summed E-state index contributed by atoms with van der Waals surface area (Å²) in [5.74, 6) is 0. The van der Waals surface area contributed by atoms with E-state index in [1.807, 2.05) is 11.8 Å². The summed E-state index contributed by atoms with van der Waals surface area (Å²) in [4.78, 5) is 1.34. The molecule has 1 aromatic carbocycles. The molecule has 0 radical (unpaired) electrons. The molecule has 1 aliphatic carbocycles. The van der Waals surface area contributed by atoms with Crippen LogP contribution in [0.25, 0.3) is 0 Å². The molecule has 0 aromatic heterocycles. The first-order chi connectivity index (χ1) is 8.75. The van der Waals surface area contributed by atoms with E-state index < -0.39 is 0 Å². The molecule has 0 saturated heterocycles. The van der Waals surface area contributed by atoms with Gasteiger partial charge >= 0.3 is 0 Å². The zero-order chi connectivity index (χ0) is 12.8. The fourth-order valence-electron chi connectivity index (χ4n) is 2.44. The van der Waals surface area contributed by atoms with Crippen LogP contribution >= 0.6 is 27.7 Å². The number of nitrogens with one attached hydrogen (secondary N) is 1. The standard InChI is InChI=1S/C15H22BrNS/c1-12(11-17-13-7-3-2-4-8-13)18-15-10-6-5-9-14(15)16/h5-6,9-10,12-13,17H,2-4,7-8,11H2,1H3. The summed E-state index contributed by atoms with van der Waals surface area (Å²) in [6, 6.07) is 9.24. The van der Waals surface area contributed by atoms with Crippen LogP contribution in [0.4, 0.5) is 0 Å². The van der Waals surface area contributed by atoms with Crippen LogP contribution in [0.15, 0.2) is 33.6 Å². The highest BCUT2D eigenvalue weighted by Gasteiger charge is 2.14. The Morgan fingerprint density at radius 3 is 2.72 bits per heavy atom. The summed E-state index contributed by atoms with van der Waals surface area (Å²) in [6.45, 7) is 3.41. The zero-order valence-corrected chi connectivity index (χ0v) is 13.4. The Kier molecular flexibility index (Phi) is 6.06. The number of halogens is 1. The SMILES string of the molecule is CC(CNC1CCCCC1)Sc1ccccc1Br. The van der Waals surface area contributed by atoms with Crippen molar-refractivity contribution >= 4 is 27.7 Å². The maximum absolute atomic E-state index is 3.72. The van der Waals surface area contributed by atoms with Crippen LogP contribution in [-0.2, 0) is 0 Å². The van der Waals surface area contributed by atoms with Gasteiger partial charge in [-0.15, -0.1) is 11.8 Å². The van der Waals surface area contributed by atoms with Crippen LogP contribution in [0.2, 0.25) is 0 Å². The van der Waals surface area contributed by atoms with Gasteiger partial charge in [0, 0.05) is 27.2 Å². The summed E-state index contributed by atoms with van der Waals surface area (Å²) in [5.41, 5.74) is 0. The Morgan fingerprint density at radius 1 is 1.28 bits per heavy atom. The molecule has 1 atom stereocenters. The van der Waals surface area contributed by atoms with Crippen LogP contribution in [-0.4, -0.2) is 17.8 Å². The molecule has 1 N–H and O–H groups in total. The highest BCUT2D eigenvalue weighted by atomic mass is 79.9. The van der Waals surface area contributed by atoms with Gasteiger partial charge in [-0.1, -0.05) is 38.3 Å². The fraction of sp³-hybridized carbons (Fsp3) is 0.600. The number of rotatable bonds is 5. The van der Waals surface area contributed by atoms with Gasteiger partial charge in [0.25, 0.3) is 0 Å². The van der Waals surface area contributed by atoms with Crippen LogP contribution in [0, 0.1) is 0 Å². The molecule has 1 aromatic rings. The molecule has 1 fully saturated rings. The van der Waals surface area contributed by atoms with Gasteiger partial charge in [-0.05, 0) is 40.9 Å². The maximum Gasteiger partial charge on any atom is 0.0311 e. The molecule has 1 saturated carbocycles. The van der Waals surface area contributed by atoms with Crippen molar-refractivity contribution < 1.29 is 0 Å². The van der Waals surface area contributed by atoms with Crippen LogP contribution < -0.4 is 5.32 Å². The lowest BCUT2D eigenvalue weighted by Gasteiger charge is -2.24. The summed E-state index contributed by atoms with van der Waals surface area (Å²) in [7, 11) is 0. The molecule has 1 nitrogen and oxygen atoms in total. The van der Waals surface area contributed by atoms with Crippen molar-refractivity contribution in [2.75, 3.05) is 6.54 Å². The van der Waals surface area contributed by atoms with E-state index in [1.54, 1.807) is 0 Å². The molecular weight excluding hydrogens is 306 g/mol. The van der Waals surface area contributed by atoms with E-state index in [9.17, 15) is 0 Å². The van der Waals surface area contributed by atoms with E-state index in [0.717, 1.165) is 12.6 Å². The smallest absolute Gasteiger partial charge is 0.0311 e. The quantitative estimate of drug-likeness (QED) is 0.775. The fourth-order valence-corrected chi connectivity index (χ4v) is 3.95. The number of benzene rings is 1. The van der Waals surface area contributed by atoms with Crippen molar-refractivity contribution in [2.24, 2.45) is 0 Å². The summed E-state index contributed by atoms with van der Waals surface area (Å²) < 4.78 is 1.21. The Labute approximate surface area is 123 Å². The maximum atomic E-state index is 3.72. The summed E-state index contributed by atoms with van der Waals surface area (Å²) in [6.07, 6.45) is 6.98. The van der Waals surface area contributed by atoms with Crippen LogP contribution in [0.5, 0.6) is 0 Å². The van der Waals surface area contributed by atoms with E-state index in [4.69, 9.17) is 0 Å². The van der Waals surface area contributed by atoms with Crippen molar-refractivity contribution in [3.8, 4) is 0 Å². The molecule has 1 aliphatic rings. The molecule has 3 heteroatoms. The van der Waals surface area contributed by atoms with Crippen LogP contribution in [0.3, 0.4) is 0 Å². The largest absolute Gasteiger partial charge is 0.313 e. The van der Waals surface area contributed by atoms with Crippen molar-refractivity contribution in [1.82, 2.24) is 5.32 Å². The molecule has 2 rings (SSSR count). The molecule has 0 amide bonds. The first-order valence-electron chi connectivity index (χ1n) is 6.90. The lowest BCUT2D eigenvalue weighted by atomic mass is 9.95. The third-order valence-electron chi connectivity index (χ3n) is 3.46. The van der Waals surface area contributed by atoms with E-state index in [2.05, 4.69) is 52.4 Å². The second-order valence-corrected chi connectivity index (χ2v) is 7.44. The lowest BCUT2D eigenvalue weighted by molar-refractivity contribution is 0.375. The Morgan fingerprint density at radius 2 is 2.00 bits per heavy atom. The molecular formula is C15H22BrNS. The van der Waals surface area contributed by atoms with Crippen LogP contribution in [0.1, 0.15) is 39.0 Å². The lowest BCUT2D eigenvalue weighted by Crippen LogP contribution is -2.35. The highest BCUT2D eigenvalue weighted by Crippen LogP contribution is 2.30. The van der Waals surface area contributed by atoms with Gasteiger partial charge in [0.2, 0.25) is 0 Å². The average Bonchev–Trinajstić information content (AvgIpc) is 2.40. The van der Waals surface area contributed by atoms with E-state index in [0.29, 0.717) is 5.25 Å². The Bertz CT molecular complexity index is 363. The van der Waals surface area contributed by atoms with Gasteiger partial charge in [-0.3, -0.25) is 0 Å². The third-order valence-corrected chi connectivity index (χ3v) is 5.60. The van der Waals surface area contributed by atoms with Gasteiger partial charge in [-0.2, -0.15) is 0 Å². The molecule has 18 heavy (non-hydrogen) atoms. The van der Waals surface area contributed by atoms with Crippen molar-refractivity contribution in [3.63, 3.8) is 0 Å². The van der Waals surface area contributed by atoms with E-state index in [1.165, 1.54) is 41.5 Å². The monoisotopic (exact) mass is 327 g/mol. The van der Waals surface area contributed by atoms with E-state index >= 15 is 0 Å². The molecule has 0 aliphatic heterocycles. The molecule has 100 valence electrons. The van der Waals surface area contributed by atoms with Gasteiger partial charge < -0.3 is 5.32 Å². The Hall–Kier alpha value is 0.01000. The zero-order valence-electron chi connectivity index (χ0n) is 11.0. The first kappa shape index (κ1) is 14.4. The number of hydrogen-bond acceptors (Lipinski definition) is 2. The number of thioether (sulfide) groups is 1. The van der Waals surface area contributed by atoms with E-state index in [-0.39, 0.29) is 0 Å². The predicted molar refractivity (Wildman–Crippen MR) is 84.3 cm³/mol. The minimum absolute atomic E-state index is 0.616.